The van der Waals surface area contributed by atoms with Gasteiger partial charge in [0.15, 0.2) is 6.61 Å². The van der Waals surface area contributed by atoms with Crippen LogP contribution in [0.5, 0.6) is 5.75 Å². The van der Waals surface area contributed by atoms with Gasteiger partial charge in [0.05, 0.1) is 28.9 Å². The van der Waals surface area contributed by atoms with Crippen molar-refractivity contribution in [3.05, 3.63) is 84.2 Å². The molecule has 0 fully saturated rings. The number of carbonyl (C=O) groups excluding carboxylic acids is 2. The van der Waals surface area contributed by atoms with Crippen LogP contribution in [0.3, 0.4) is 0 Å². The lowest BCUT2D eigenvalue weighted by molar-refractivity contribution is -0.119. The summed E-state index contributed by atoms with van der Waals surface area (Å²) >= 11 is 0. The molecule has 0 aliphatic heterocycles. The Kier molecular flexibility index (Phi) is 7.06. The van der Waals surface area contributed by atoms with E-state index in [0.717, 1.165) is 24.3 Å². The summed E-state index contributed by atoms with van der Waals surface area (Å²) in [5.74, 6) is -1.66. The molecule has 0 aliphatic rings. The number of amides is 1. The molecule has 0 saturated heterocycles. The van der Waals surface area contributed by atoms with Gasteiger partial charge in [-0.05, 0) is 48.5 Å². The molecule has 2 N–H and O–H groups in total. The summed E-state index contributed by atoms with van der Waals surface area (Å²) in [7, 11) is -2.63. The number of nitrogens with one attached hydrogen (secondary N) is 2. The van der Waals surface area contributed by atoms with Gasteiger partial charge in [-0.15, -0.1) is 0 Å². The third-order valence-electron chi connectivity index (χ3n) is 4.23. The molecule has 1 amide bonds. The molecule has 0 aliphatic carbocycles. The SMILES string of the molecule is COc1ccccc1NC(=O)COC(=O)c1ccccc1NS(=O)(=O)c1ccc(F)cc1. The van der Waals surface area contributed by atoms with E-state index in [1.165, 1.54) is 31.4 Å². The summed E-state index contributed by atoms with van der Waals surface area (Å²) in [6.45, 7) is -0.601. The van der Waals surface area contributed by atoms with Gasteiger partial charge in [-0.1, -0.05) is 24.3 Å². The highest BCUT2D eigenvalue weighted by Crippen LogP contribution is 2.23. The first kappa shape index (κ1) is 22.8. The molecule has 0 bridgehead atoms. The molecule has 166 valence electrons. The fourth-order valence-electron chi connectivity index (χ4n) is 2.71. The van der Waals surface area contributed by atoms with Gasteiger partial charge in [0, 0.05) is 0 Å². The largest absolute Gasteiger partial charge is 0.495 e. The number of halogens is 1. The molecule has 3 rings (SSSR count). The van der Waals surface area contributed by atoms with Gasteiger partial charge in [-0.2, -0.15) is 0 Å². The maximum atomic E-state index is 13.1. The van der Waals surface area contributed by atoms with E-state index in [2.05, 4.69) is 10.0 Å². The standard InChI is InChI=1S/C22H19FN2O6S/c1-30-20-9-5-4-8-19(20)24-21(26)14-31-22(27)17-6-2-3-7-18(17)25-32(28,29)16-12-10-15(23)11-13-16/h2-13,25H,14H2,1H3,(H,24,26). The zero-order valence-corrected chi connectivity index (χ0v) is 17.7. The van der Waals surface area contributed by atoms with Crippen molar-refractivity contribution in [3.8, 4) is 5.75 Å². The summed E-state index contributed by atoms with van der Waals surface area (Å²) in [5.41, 5.74) is 0.263. The maximum absolute atomic E-state index is 13.1. The molecule has 0 aromatic heterocycles. The number of methoxy groups -OCH3 is 1. The van der Waals surface area contributed by atoms with Crippen molar-refractivity contribution >= 4 is 33.3 Å². The Labute approximate surface area is 184 Å². The molecule has 0 radical (unpaired) electrons. The number of sulfonamides is 1. The molecular formula is C22H19FN2O6S. The van der Waals surface area contributed by atoms with Crippen LogP contribution in [0.15, 0.2) is 77.7 Å². The van der Waals surface area contributed by atoms with E-state index in [1.54, 1.807) is 24.3 Å². The summed E-state index contributed by atoms with van der Waals surface area (Å²) in [5, 5.41) is 2.56. The summed E-state index contributed by atoms with van der Waals surface area (Å²) in [6.07, 6.45) is 0. The number of benzene rings is 3. The average Bonchev–Trinajstić information content (AvgIpc) is 2.78. The van der Waals surface area contributed by atoms with Crippen LogP contribution in [0.25, 0.3) is 0 Å². The number of para-hydroxylation sites is 3. The Bertz CT molecular complexity index is 1230. The second-order valence-electron chi connectivity index (χ2n) is 6.43. The van der Waals surface area contributed by atoms with Gasteiger partial charge >= 0.3 is 5.97 Å². The predicted octanol–water partition coefficient (Wildman–Crippen LogP) is 3.43. The number of esters is 1. The minimum atomic E-state index is -4.08. The molecule has 32 heavy (non-hydrogen) atoms. The Morgan fingerprint density at radius 2 is 1.53 bits per heavy atom. The van der Waals surface area contributed by atoms with Crippen LogP contribution in [0.1, 0.15) is 10.4 Å². The molecule has 0 saturated carbocycles. The van der Waals surface area contributed by atoms with E-state index in [-0.39, 0.29) is 16.1 Å². The lowest BCUT2D eigenvalue weighted by Gasteiger charge is -2.13. The topological polar surface area (TPSA) is 111 Å². The Morgan fingerprint density at radius 3 is 2.22 bits per heavy atom. The van der Waals surface area contributed by atoms with E-state index in [0.29, 0.717) is 11.4 Å². The predicted molar refractivity (Wildman–Crippen MR) is 116 cm³/mol. The third-order valence-corrected chi connectivity index (χ3v) is 5.61. The Balaban J connectivity index is 1.69. The lowest BCUT2D eigenvalue weighted by Crippen LogP contribution is -2.22. The zero-order valence-electron chi connectivity index (χ0n) is 16.9. The number of hydrogen-bond acceptors (Lipinski definition) is 6. The first-order valence-electron chi connectivity index (χ1n) is 9.27. The quantitative estimate of drug-likeness (QED) is 0.501. The molecule has 8 nitrogen and oxygen atoms in total. The summed E-state index contributed by atoms with van der Waals surface area (Å²) < 4.78 is 50.6. The summed E-state index contributed by atoms with van der Waals surface area (Å²) in [6, 6.07) is 16.7. The highest BCUT2D eigenvalue weighted by atomic mass is 32.2. The molecule has 0 atom stereocenters. The van der Waals surface area contributed by atoms with E-state index < -0.39 is 34.3 Å². The molecule has 0 unspecified atom stereocenters. The van der Waals surface area contributed by atoms with Gasteiger partial charge in [-0.25, -0.2) is 17.6 Å². The number of anilines is 2. The van der Waals surface area contributed by atoms with Crippen LogP contribution in [0.2, 0.25) is 0 Å². The van der Waals surface area contributed by atoms with Crippen LogP contribution in [-0.2, 0) is 19.6 Å². The first-order chi connectivity index (χ1) is 15.3. The van der Waals surface area contributed by atoms with Gasteiger partial charge < -0.3 is 14.8 Å². The smallest absolute Gasteiger partial charge is 0.340 e. The van der Waals surface area contributed by atoms with Crippen molar-refractivity contribution in [2.24, 2.45) is 0 Å². The highest BCUT2D eigenvalue weighted by Gasteiger charge is 2.20. The Hall–Kier alpha value is -3.92. The van der Waals surface area contributed by atoms with Crippen LogP contribution < -0.4 is 14.8 Å². The minimum Gasteiger partial charge on any atom is -0.495 e. The fourth-order valence-corrected chi connectivity index (χ4v) is 3.79. The van der Waals surface area contributed by atoms with E-state index in [4.69, 9.17) is 9.47 Å². The zero-order chi connectivity index (χ0) is 23.1. The third kappa shape index (κ3) is 5.61. The van der Waals surface area contributed by atoms with E-state index in [9.17, 15) is 22.4 Å². The molecule has 0 heterocycles. The van der Waals surface area contributed by atoms with Crippen molar-refractivity contribution in [2.45, 2.75) is 4.90 Å². The van der Waals surface area contributed by atoms with Crippen LogP contribution in [0.4, 0.5) is 15.8 Å². The van der Waals surface area contributed by atoms with Crippen molar-refractivity contribution < 1.29 is 31.9 Å². The Morgan fingerprint density at radius 1 is 0.906 bits per heavy atom. The number of hydrogen-bond donors (Lipinski definition) is 2. The van der Waals surface area contributed by atoms with Crippen LogP contribution in [-0.4, -0.2) is 34.0 Å². The van der Waals surface area contributed by atoms with Gasteiger partial charge in [0.2, 0.25) is 0 Å². The van der Waals surface area contributed by atoms with Crippen LogP contribution >= 0.6 is 0 Å². The highest BCUT2D eigenvalue weighted by molar-refractivity contribution is 7.92. The number of carbonyl (C=O) groups is 2. The van der Waals surface area contributed by atoms with Crippen molar-refractivity contribution in [1.29, 1.82) is 0 Å². The van der Waals surface area contributed by atoms with Crippen molar-refractivity contribution in [1.82, 2.24) is 0 Å². The number of rotatable bonds is 8. The normalized spacial score (nSPS) is 10.8. The maximum Gasteiger partial charge on any atom is 0.340 e. The second kappa shape index (κ2) is 9.92. The van der Waals surface area contributed by atoms with Gasteiger partial charge in [0.25, 0.3) is 15.9 Å². The van der Waals surface area contributed by atoms with Crippen molar-refractivity contribution in [3.63, 3.8) is 0 Å². The van der Waals surface area contributed by atoms with Crippen LogP contribution in [0, 0.1) is 5.82 Å². The van der Waals surface area contributed by atoms with E-state index >= 15 is 0 Å². The monoisotopic (exact) mass is 458 g/mol. The molecule has 0 spiro atoms. The average molecular weight is 458 g/mol. The van der Waals surface area contributed by atoms with E-state index in [1.807, 2.05) is 0 Å². The minimum absolute atomic E-state index is 0.0491. The van der Waals surface area contributed by atoms with Gasteiger partial charge in [0.1, 0.15) is 11.6 Å². The van der Waals surface area contributed by atoms with Gasteiger partial charge in [-0.3, -0.25) is 9.52 Å². The summed E-state index contributed by atoms with van der Waals surface area (Å²) in [4.78, 5) is 24.5. The molecule has 3 aromatic rings. The molecular weight excluding hydrogens is 439 g/mol. The fraction of sp³-hybridized carbons (Fsp3) is 0.0909. The lowest BCUT2D eigenvalue weighted by atomic mass is 10.2. The molecule has 10 heteroatoms. The molecule has 3 aromatic carbocycles. The second-order valence-corrected chi connectivity index (χ2v) is 8.11. The van der Waals surface area contributed by atoms with Crippen molar-refractivity contribution in [2.75, 3.05) is 23.8 Å². The number of ether oxygens (including phenoxy) is 2. The first-order valence-corrected chi connectivity index (χ1v) is 10.8.